The Balaban J connectivity index is 1.98. The lowest BCUT2D eigenvalue weighted by molar-refractivity contribution is -0.0543. The summed E-state index contributed by atoms with van der Waals surface area (Å²) in [5, 5.41) is 16.8. The number of ether oxygens (including phenoxy) is 1. The number of halogens is 1. The number of hydrogen-bond acceptors (Lipinski definition) is 6. The van der Waals surface area contributed by atoms with Crippen molar-refractivity contribution in [1.82, 2.24) is 9.97 Å². The van der Waals surface area contributed by atoms with Crippen molar-refractivity contribution in [2.24, 2.45) is 0 Å². The largest absolute Gasteiger partial charge is 0.388 e. The van der Waals surface area contributed by atoms with Gasteiger partial charge in [0.1, 0.15) is 22.4 Å². The summed E-state index contributed by atoms with van der Waals surface area (Å²) >= 11 is 3.50. The average molecular weight is 345 g/mol. The molecule has 0 bridgehead atoms. The van der Waals surface area contributed by atoms with Gasteiger partial charge in [-0.2, -0.15) is 0 Å². The zero-order chi connectivity index (χ0) is 14.4. The van der Waals surface area contributed by atoms with Crippen molar-refractivity contribution in [3.63, 3.8) is 0 Å². The number of aromatic nitrogens is 2. The maximum absolute atomic E-state index is 10.4. The van der Waals surface area contributed by atoms with E-state index in [4.69, 9.17) is 4.74 Å². The Bertz CT molecular complexity index is 438. The number of rotatable bonds is 6. The standard InChI is InChI=1S/C13H21BrN4O2/c1-2-5-15-11-10(14)12(18-9-17-11)16-8-13(19)3-6-20-7-4-13/h9,19H,2-8H2,1H3,(H2,15,16,17,18). The summed E-state index contributed by atoms with van der Waals surface area (Å²) in [6, 6.07) is 0. The zero-order valence-corrected chi connectivity index (χ0v) is 13.2. The highest BCUT2D eigenvalue weighted by Gasteiger charge is 2.29. The maximum atomic E-state index is 10.4. The summed E-state index contributed by atoms with van der Waals surface area (Å²) in [4.78, 5) is 8.41. The summed E-state index contributed by atoms with van der Waals surface area (Å²) in [5.41, 5.74) is -0.723. The number of anilines is 2. The highest BCUT2D eigenvalue weighted by molar-refractivity contribution is 9.10. The monoisotopic (exact) mass is 344 g/mol. The number of aliphatic hydroxyl groups is 1. The van der Waals surface area contributed by atoms with Crippen molar-refractivity contribution in [2.45, 2.75) is 31.8 Å². The molecule has 2 heterocycles. The Kier molecular flexibility index (Phi) is 5.56. The van der Waals surface area contributed by atoms with Crippen LogP contribution in [0.25, 0.3) is 0 Å². The smallest absolute Gasteiger partial charge is 0.146 e. The van der Waals surface area contributed by atoms with E-state index >= 15 is 0 Å². The van der Waals surface area contributed by atoms with Crippen molar-refractivity contribution < 1.29 is 9.84 Å². The molecule has 20 heavy (non-hydrogen) atoms. The van der Waals surface area contributed by atoms with Crippen LogP contribution in [0.15, 0.2) is 10.8 Å². The van der Waals surface area contributed by atoms with Crippen LogP contribution in [0.5, 0.6) is 0 Å². The molecule has 0 unspecified atom stereocenters. The quantitative estimate of drug-likeness (QED) is 0.732. The minimum atomic E-state index is -0.723. The van der Waals surface area contributed by atoms with Crippen LogP contribution in [0.4, 0.5) is 11.6 Å². The van der Waals surface area contributed by atoms with Crippen molar-refractivity contribution in [3.05, 3.63) is 10.8 Å². The molecule has 0 aliphatic carbocycles. The summed E-state index contributed by atoms with van der Waals surface area (Å²) in [7, 11) is 0. The van der Waals surface area contributed by atoms with Crippen LogP contribution in [-0.4, -0.2) is 47.0 Å². The summed E-state index contributed by atoms with van der Waals surface area (Å²) < 4.78 is 6.07. The Morgan fingerprint density at radius 3 is 2.60 bits per heavy atom. The second-order valence-electron chi connectivity index (χ2n) is 5.00. The molecule has 0 radical (unpaired) electrons. The van der Waals surface area contributed by atoms with Gasteiger partial charge in [-0.25, -0.2) is 9.97 Å². The normalized spacial score (nSPS) is 17.8. The predicted molar refractivity (Wildman–Crippen MR) is 82.0 cm³/mol. The zero-order valence-electron chi connectivity index (χ0n) is 11.7. The molecule has 7 heteroatoms. The molecular weight excluding hydrogens is 324 g/mol. The van der Waals surface area contributed by atoms with Crippen molar-refractivity contribution in [2.75, 3.05) is 36.9 Å². The molecule has 112 valence electrons. The van der Waals surface area contributed by atoms with E-state index in [0.717, 1.165) is 23.3 Å². The molecule has 1 saturated heterocycles. The first-order valence-corrected chi connectivity index (χ1v) is 7.72. The highest BCUT2D eigenvalue weighted by atomic mass is 79.9. The molecule has 0 atom stereocenters. The fourth-order valence-electron chi connectivity index (χ4n) is 2.04. The van der Waals surface area contributed by atoms with Crippen LogP contribution in [0, 0.1) is 0 Å². The van der Waals surface area contributed by atoms with Gasteiger partial charge in [0.15, 0.2) is 0 Å². The number of hydrogen-bond donors (Lipinski definition) is 3. The van der Waals surface area contributed by atoms with E-state index in [2.05, 4.69) is 43.5 Å². The molecule has 1 fully saturated rings. The summed E-state index contributed by atoms with van der Waals surface area (Å²) in [6.45, 7) is 4.62. The predicted octanol–water partition coefficient (Wildman–Crippen LogP) is 2.01. The number of nitrogens with one attached hydrogen (secondary N) is 2. The maximum Gasteiger partial charge on any atom is 0.146 e. The third kappa shape index (κ3) is 4.04. The number of nitrogens with zero attached hydrogens (tertiary/aromatic N) is 2. The summed E-state index contributed by atoms with van der Waals surface area (Å²) in [5.74, 6) is 1.46. The van der Waals surface area contributed by atoms with E-state index in [9.17, 15) is 5.11 Å². The van der Waals surface area contributed by atoms with Crippen molar-refractivity contribution in [1.29, 1.82) is 0 Å². The molecular formula is C13H21BrN4O2. The third-order valence-corrected chi connectivity index (χ3v) is 4.09. The summed E-state index contributed by atoms with van der Waals surface area (Å²) in [6.07, 6.45) is 3.82. The van der Waals surface area contributed by atoms with E-state index in [1.54, 1.807) is 0 Å². The first kappa shape index (κ1) is 15.5. The third-order valence-electron chi connectivity index (χ3n) is 3.34. The molecule has 0 amide bonds. The average Bonchev–Trinajstić information content (AvgIpc) is 2.46. The molecule has 1 aliphatic rings. The molecule has 2 rings (SSSR count). The molecule has 1 aromatic heterocycles. The van der Waals surface area contributed by atoms with Crippen LogP contribution in [-0.2, 0) is 4.74 Å². The molecule has 1 aromatic rings. The van der Waals surface area contributed by atoms with E-state index < -0.39 is 5.60 Å². The molecule has 1 aliphatic heterocycles. The van der Waals surface area contributed by atoms with Crippen LogP contribution in [0.3, 0.4) is 0 Å². The van der Waals surface area contributed by atoms with Gasteiger partial charge in [-0.15, -0.1) is 0 Å². The van der Waals surface area contributed by atoms with Gasteiger partial charge < -0.3 is 20.5 Å². The van der Waals surface area contributed by atoms with E-state index in [0.29, 0.717) is 38.4 Å². The lowest BCUT2D eigenvalue weighted by Gasteiger charge is -2.32. The lowest BCUT2D eigenvalue weighted by Crippen LogP contribution is -2.42. The van der Waals surface area contributed by atoms with Gasteiger partial charge >= 0.3 is 0 Å². The molecule has 6 nitrogen and oxygen atoms in total. The Morgan fingerprint density at radius 1 is 1.30 bits per heavy atom. The van der Waals surface area contributed by atoms with Crippen LogP contribution in [0.1, 0.15) is 26.2 Å². The topological polar surface area (TPSA) is 79.3 Å². The van der Waals surface area contributed by atoms with Gasteiger partial charge in [0.05, 0.1) is 5.60 Å². The Morgan fingerprint density at radius 2 is 1.95 bits per heavy atom. The second-order valence-corrected chi connectivity index (χ2v) is 5.79. The van der Waals surface area contributed by atoms with E-state index in [-0.39, 0.29) is 0 Å². The molecule has 0 spiro atoms. The van der Waals surface area contributed by atoms with Gasteiger partial charge in [-0.05, 0) is 22.4 Å². The Hall–Kier alpha value is -0.920. The van der Waals surface area contributed by atoms with E-state index in [1.807, 2.05) is 0 Å². The SMILES string of the molecule is CCCNc1ncnc(NCC2(O)CCOCC2)c1Br. The highest BCUT2D eigenvalue weighted by Crippen LogP contribution is 2.28. The fourth-order valence-corrected chi connectivity index (χ4v) is 2.52. The fraction of sp³-hybridized carbons (Fsp3) is 0.692. The molecule has 3 N–H and O–H groups in total. The Labute approximate surface area is 127 Å². The first-order chi connectivity index (χ1) is 9.64. The first-order valence-electron chi connectivity index (χ1n) is 6.93. The van der Waals surface area contributed by atoms with Gasteiger partial charge in [0.25, 0.3) is 0 Å². The van der Waals surface area contributed by atoms with Gasteiger partial charge in [-0.3, -0.25) is 0 Å². The minimum Gasteiger partial charge on any atom is -0.388 e. The van der Waals surface area contributed by atoms with Gasteiger partial charge in [0.2, 0.25) is 0 Å². The lowest BCUT2D eigenvalue weighted by atomic mass is 9.94. The molecule has 0 saturated carbocycles. The second kappa shape index (κ2) is 7.19. The van der Waals surface area contributed by atoms with E-state index in [1.165, 1.54) is 6.33 Å². The van der Waals surface area contributed by atoms with Crippen molar-refractivity contribution >= 4 is 27.6 Å². The van der Waals surface area contributed by atoms with Crippen LogP contribution in [0.2, 0.25) is 0 Å². The van der Waals surface area contributed by atoms with Crippen LogP contribution >= 0.6 is 15.9 Å². The van der Waals surface area contributed by atoms with Gasteiger partial charge in [0, 0.05) is 39.1 Å². The molecule has 0 aromatic carbocycles. The van der Waals surface area contributed by atoms with Crippen LogP contribution < -0.4 is 10.6 Å². The van der Waals surface area contributed by atoms with Crippen molar-refractivity contribution in [3.8, 4) is 0 Å². The minimum absolute atomic E-state index is 0.458. The van der Waals surface area contributed by atoms with Gasteiger partial charge in [-0.1, -0.05) is 6.92 Å².